The second-order valence-electron chi connectivity index (χ2n) is 6.09. The van der Waals surface area contributed by atoms with Crippen LogP contribution in [-0.2, 0) is 21.8 Å². The van der Waals surface area contributed by atoms with Gasteiger partial charge in [0.1, 0.15) is 0 Å². The Bertz CT molecular complexity index is 1190. The molecule has 0 radical (unpaired) electrons. The first kappa shape index (κ1) is 21.7. The van der Waals surface area contributed by atoms with Crippen LogP contribution in [0.4, 0.5) is 18.9 Å². The molecule has 1 amide bonds. The van der Waals surface area contributed by atoms with Gasteiger partial charge in [0.15, 0.2) is 5.69 Å². The van der Waals surface area contributed by atoms with Crippen LogP contribution in [0.3, 0.4) is 0 Å². The Balaban J connectivity index is 1.92. The van der Waals surface area contributed by atoms with Crippen LogP contribution in [-0.4, -0.2) is 24.3 Å². The standard InChI is InChI=1S/C19H13ClF3N3O3S/c20-14-10-24-18(30(28,29)11-12-6-2-1-3-7-12)26-16(14)17(27)25-15-9-5-4-8-13(15)19(21,22)23/h1-10H,11H2,(H,25,27). The summed E-state index contributed by atoms with van der Waals surface area (Å²) in [4.78, 5) is 19.9. The maximum absolute atomic E-state index is 13.1. The Morgan fingerprint density at radius 2 is 1.67 bits per heavy atom. The van der Waals surface area contributed by atoms with Crippen LogP contribution in [0, 0.1) is 0 Å². The van der Waals surface area contributed by atoms with Crippen LogP contribution in [0.2, 0.25) is 5.02 Å². The van der Waals surface area contributed by atoms with Gasteiger partial charge < -0.3 is 5.32 Å². The summed E-state index contributed by atoms with van der Waals surface area (Å²) in [6, 6.07) is 12.6. The highest BCUT2D eigenvalue weighted by molar-refractivity contribution is 7.90. The number of carbonyl (C=O) groups is 1. The Hall–Kier alpha value is -2.98. The minimum absolute atomic E-state index is 0.310. The highest BCUT2D eigenvalue weighted by atomic mass is 35.5. The lowest BCUT2D eigenvalue weighted by Gasteiger charge is -2.13. The largest absolute Gasteiger partial charge is 0.418 e. The number of sulfone groups is 1. The van der Waals surface area contributed by atoms with Gasteiger partial charge in [0, 0.05) is 0 Å². The third kappa shape index (κ3) is 4.95. The van der Waals surface area contributed by atoms with Crippen molar-refractivity contribution in [1.29, 1.82) is 0 Å². The van der Waals surface area contributed by atoms with Crippen molar-refractivity contribution >= 4 is 33.0 Å². The molecule has 0 aliphatic heterocycles. The number of hydrogen-bond acceptors (Lipinski definition) is 5. The van der Waals surface area contributed by atoms with Crippen molar-refractivity contribution in [2.75, 3.05) is 5.32 Å². The third-order valence-corrected chi connectivity index (χ3v) is 5.64. The molecule has 0 atom stereocenters. The van der Waals surface area contributed by atoms with Crippen molar-refractivity contribution in [1.82, 2.24) is 9.97 Å². The quantitative estimate of drug-likeness (QED) is 0.577. The number of amides is 1. The van der Waals surface area contributed by atoms with E-state index >= 15 is 0 Å². The van der Waals surface area contributed by atoms with Gasteiger partial charge in [-0.05, 0) is 17.7 Å². The van der Waals surface area contributed by atoms with Crippen LogP contribution in [0.15, 0.2) is 66.0 Å². The fourth-order valence-corrected chi connectivity index (χ4v) is 3.92. The molecule has 6 nitrogen and oxygen atoms in total. The Morgan fingerprint density at radius 3 is 2.33 bits per heavy atom. The Morgan fingerprint density at radius 1 is 1.03 bits per heavy atom. The van der Waals surface area contributed by atoms with Gasteiger partial charge in [-0.15, -0.1) is 0 Å². The van der Waals surface area contributed by atoms with Crippen molar-refractivity contribution in [3.63, 3.8) is 0 Å². The topological polar surface area (TPSA) is 89.0 Å². The zero-order chi connectivity index (χ0) is 21.9. The summed E-state index contributed by atoms with van der Waals surface area (Å²) < 4.78 is 64.5. The molecular formula is C19H13ClF3N3O3S. The monoisotopic (exact) mass is 455 g/mol. The molecule has 2 aromatic carbocycles. The van der Waals surface area contributed by atoms with Gasteiger partial charge in [0.2, 0.25) is 15.0 Å². The van der Waals surface area contributed by atoms with E-state index in [-0.39, 0.29) is 5.02 Å². The minimum atomic E-state index is -4.70. The summed E-state index contributed by atoms with van der Waals surface area (Å²) in [5.41, 5.74) is -1.67. The highest BCUT2D eigenvalue weighted by Crippen LogP contribution is 2.34. The zero-order valence-corrected chi connectivity index (χ0v) is 16.6. The molecule has 0 bridgehead atoms. The van der Waals surface area contributed by atoms with Gasteiger partial charge >= 0.3 is 6.18 Å². The van der Waals surface area contributed by atoms with Crippen molar-refractivity contribution in [3.8, 4) is 0 Å². The van der Waals surface area contributed by atoms with E-state index in [1.807, 2.05) is 0 Å². The van der Waals surface area contributed by atoms with E-state index in [0.717, 1.165) is 18.3 Å². The number of carbonyl (C=O) groups excluding carboxylic acids is 1. The van der Waals surface area contributed by atoms with E-state index in [4.69, 9.17) is 11.6 Å². The predicted octanol–water partition coefficient (Wildman–Crippen LogP) is 4.38. The van der Waals surface area contributed by atoms with Gasteiger partial charge in [-0.3, -0.25) is 4.79 Å². The minimum Gasteiger partial charge on any atom is -0.320 e. The molecule has 1 heterocycles. The molecule has 0 unspecified atom stereocenters. The smallest absolute Gasteiger partial charge is 0.320 e. The lowest BCUT2D eigenvalue weighted by Crippen LogP contribution is -2.20. The molecule has 0 aliphatic rings. The molecule has 11 heteroatoms. The van der Waals surface area contributed by atoms with Crippen molar-refractivity contribution in [2.45, 2.75) is 17.1 Å². The summed E-state index contributed by atoms with van der Waals surface area (Å²) in [7, 11) is -4.03. The Kier molecular flexibility index (Phi) is 6.09. The fourth-order valence-electron chi connectivity index (χ4n) is 2.54. The molecule has 0 fully saturated rings. The molecular weight excluding hydrogens is 443 g/mol. The summed E-state index contributed by atoms with van der Waals surface area (Å²) in [5, 5.41) is 1.10. The molecule has 0 spiro atoms. The van der Waals surface area contributed by atoms with E-state index in [1.54, 1.807) is 30.3 Å². The van der Waals surface area contributed by atoms with Gasteiger partial charge in [-0.2, -0.15) is 13.2 Å². The normalized spacial score (nSPS) is 11.9. The van der Waals surface area contributed by atoms with E-state index in [1.165, 1.54) is 12.1 Å². The molecule has 0 aliphatic carbocycles. The van der Waals surface area contributed by atoms with Gasteiger partial charge in [-0.25, -0.2) is 18.4 Å². The number of aromatic nitrogens is 2. The molecule has 1 aromatic heterocycles. The summed E-state index contributed by atoms with van der Waals surface area (Å²) in [6.07, 6.45) is -3.79. The molecule has 3 aromatic rings. The van der Waals surface area contributed by atoms with Crippen LogP contribution in [0.25, 0.3) is 0 Å². The number of benzene rings is 2. The summed E-state index contributed by atoms with van der Waals surface area (Å²) in [5.74, 6) is -1.52. The number of rotatable bonds is 5. The number of halogens is 4. The van der Waals surface area contributed by atoms with Crippen molar-refractivity contribution in [2.24, 2.45) is 0 Å². The van der Waals surface area contributed by atoms with E-state index in [2.05, 4.69) is 15.3 Å². The molecule has 0 saturated carbocycles. The number of hydrogen-bond donors (Lipinski definition) is 1. The SMILES string of the molecule is O=C(Nc1ccccc1C(F)(F)F)c1nc(S(=O)(=O)Cc2ccccc2)ncc1Cl. The van der Waals surface area contributed by atoms with Gasteiger partial charge in [-0.1, -0.05) is 54.1 Å². The second kappa shape index (κ2) is 8.41. The molecule has 0 saturated heterocycles. The number of alkyl halides is 3. The summed E-state index contributed by atoms with van der Waals surface area (Å²) in [6.45, 7) is 0. The molecule has 3 rings (SSSR count). The average molecular weight is 456 g/mol. The maximum Gasteiger partial charge on any atom is 0.418 e. The van der Waals surface area contributed by atoms with Gasteiger partial charge in [0.25, 0.3) is 5.91 Å². The number of para-hydroxylation sites is 1. The lowest BCUT2D eigenvalue weighted by molar-refractivity contribution is -0.136. The average Bonchev–Trinajstić information content (AvgIpc) is 2.68. The van der Waals surface area contributed by atoms with Gasteiger partial charge in [0.05, 0.1) is 28.2 Å². The second-order valence-corrected chi connectivity index (χ2v) is 8.38. The molecule has 1 N–H and O–H groups in total. The number of nitrogens with one attached hydrogen (secondary N) is 1. The third-order valence-electron chi connectivity index (χ3n) is 3.90. The van der Waals surface area contributed by atoms with Crippen molar-refractivity contribution < 1.29 is 26.4 Å². The first-order valence-electron chi connectivity index (χ1n) is 8.35. The first-order chi connectivity index (χ1) is 14.1. The van der Waals surface area contributed by atoms with Crippen LogP contribution in [0.1, 0.15) is 21.6 Å². The molecule has 30 heavy (non-hydrogen) atoms. The number of anilines is 1. The van der Waals surface area contributed by atoms with Crippen LogP contribution < -0.4 is 5.32 Å². The number of nitrogens with zero attached hydrogens (tertiary/aromatic N) is 2. The molecule has 156 valence electrons. The van der Waals surface area contributed by atoms with E-state index in [9.17, 15) is 26.4 Å². The first-order valence-corrected chi connectivity index (χ1v) is 10.4. The van der Waals surface area contributed by atoms with Crippen molar-refractivity contribution in [3.05, 3.63) is 82.6 Å². The maximum atomic E-state index is 13.1. The Labute approximate surface area is 174 Å². The van der Waals surface area contributed by atoms with E-state index < -0.39 is 49.8 Å². The zero-order valence-electron chi connectivity index (χ0n) is 15.0. The lowest BCUT2D eigenvalue weighted by atomic mass is 10.1. The highest BCUT2D eigenvalue weighted by Gasteiger charge is 2.34. The predicted molar refractivity (Wildman–Crippen MR) is 104 cm³/mol. The summed E-state index contributed by atoms with van der Waals surface area (Å²) >= 11 is 5.89. The van der Waals surface area contributed by atoms with Crippen LogP contribution >= 0.6 is 11.6 Å². The van der Waals surface area contributed by atoms with Crippen LogP contribution in [0.5, 0.6) is 0 Å². The van der Waals surface area contributed by atoms with E-state index in [0.29, 0.717) is 5.56 Å². The fraction of sp³-hybridized carbons (Fsp3) is 0.105.